The van der Waals surface area contributed by atoms with Gasteiger partial charge in [-0.2, -0.15) is 0 Å². The van der Waals surface area contributed by atoms with Crippen molar-refractivity contribution in [2.45, 2.75) is 5.66 Å². The number of rotatable bonds is 3. The average molecular weight is 266 g/mol. The Labute approximate surface area is 104 Å². The van der Waals surface area contributed by atoms with Gasteiger partial charge < -0.3 is 14.5 Å². The van der Waals surface area contributed by atoms with Crippen LogP contribution in [0.1, 0.15) is 10.4 Å². The van der Waals surface area contributed by atoms with Crippen LogP contribution in [0.3, 0.4) is 0 Å². The second kappa shape index (κ2) is 4.90. The molecule has 94 valence electrons. The highest BCUT2D eigenvalue weighted by Crippen LogP contribution is 2.45. The molecule has 1 aliphatic rings. The number of hydrogen-bond acceptors (Lipinski definition) is 3. The third-order valence-electron chi connectivity index (χ3n) is 2.40. The van der Waals surface area contributed by atoms with E-state index in [1.54, 1.807) is 30.3 Å². The van der Waals surface area contributed by atoms with Crippen molar-refractivity contribution >= 4 is 13.6 Å². The van der Waals surface area contributed by atoms with Crippen molar-refractivity contribution in [2.24, 2.45) is 0 Å². The molecule has 0 fully saturated rings. The molecule has 0 radical (unpaired) electrons. The highest BCUT2D eigenvalue weighted by atomic mass is 31.2. The molecule has 1 aromatic carbocycles. The maximum absolute atomic E-state index is 11.7. The van der Waals surface area contributed by atoms with Gasteiger partial charge in [0.05, 0.1) is 5.56 Å². The van der Waals surface area contributed by atoms with Gasteiger partial charge in [-0.15, -0.1) is 0 Å². The summed E-state index contributed by atoms with van der Waals surface area (Å²) in [6.45, 7) is 0. The molecular formula is C12H11O5P. The lowest BCUT2D eigenvalue weighted by atomic mass is 10.2. The molecule has 5 nitrogen and oxygen atoms in total. The van der Waals surface area contributed by atoms with Crippen LogP contribution >= 0.6 is 7.60 Å². The van der Waals surface area contributed by atoms with Crippen LogP contribution in [-0.4, -0.2) is 21.4 Å². The SMILES string of the molecule is O=C(OC1=CC(P(=O)(O)O)C=C1)c1ccccc1. The smallest absolute Gasteiger partial charge is 0.343 e. The summed E-state index contributed by atoms with van der Waals surface area (Å²) in [4.78, 5) is 29.6. The maximum Gasteiger partial charge on any atom is 0.343 e. The van der Waals surface area contributed by atoms with E-state index in [1.165, 1.54) is 18.2 Å². The third kappa shape index (κ3) is 2.96. The summed E-state index contributed by atoms with van der Waals surface area (Å²) in [6, 6.07) is 8.38. The zero-order valence-corrected chi connectivity index (χ0v) is 10.2. The number of ether oxygens (including phenoxy) is 1. The third-order valence-corrected chi connectivity index (χ3v) is 3.50. The van der Waals surface area contributed by atoms with Crippen molar-refractivity contribution in [2.75, 3.05) is 0 Å². The Morgan fingerprint density at radius 1 is 1.22 bits per heavy atom. The molecule has 1 aliphatic carbocycles. The molecule has 0 aliphatic heterocycles. The first-order valence-electron chi connectivity index (χ1n) is 5.19. The Bertz CT molecular complexity index is 555. The second-order valence-corrected chi connectivity index (χ2v) is 5.54. The molecular weight excluding hydrogens is 255 g/mol. The van der Waals surface area contributed by atoms with Crippen LogP contribution in [0.2, 0.25) is 0 Å². The molecule has 0 aromatic heterocycles. The average Bonchev–Trinajstić information content (AvgIpc) is 2.78. The van der Waals surface area contributed by atoms with Crippen LogP contribution in [0.25, 0.3) is 0 Å². The van der Waals surface area contributed by atoms with Crippen molar-refractivity contribution in [3.8, 4) is 0 Å². The molecule has 6 heteroatoms. The van der Waals surface area contributed by atoms with E-state index in [-0.39, 0.29) is 5.76 Å². The standard InChI is InChI=1S/C12H11O5P/c13-12(9-4-2-1-3-5-9)17-10-6-7-11(8-10)18(14,15)16/h1-8,11H,(H2,14,15,16). The van der Waals surface area contributed by atoms with E-state index in [1.807, 2.05) is 0 Å². The number of hydrogen-bond donors (Lipinski definition) is 2. The van der Waals surface area contributed by atoms with Gasteiger partial charge in [0.1, 0.15) is 11.4 Å². The molecule has 0 saturated carbocycles. The zero-order valence-electron chi connectivity index (χ0n) is 9.26. The molecule has 0 saturated heterocycles. The van der Waals surface area contributed by atoms with E-state index >= 15 is 0 Å². The Morgan fingerprint density at radius 2 is 1.89 bits per heavy atom. The zero-order chi connectivity index (χ0) is 13.2. The first-order chi connectivity index (χ1) is 8.47. The van der Waals surface area contributed by atoms with Crippen LogP contribution in [0.15, 0.2) is 54.3 Å². The summed E-state index contributed by atoms with van der Waals surface area (Å²) >= 11 is 0. The van der Waals surface area contributed by atoms with Crippen LogP contribution < -0.4 is 0 Å². The number of esters is 1. The maximum atomic E-state index is 11.7. The molecule has 0 amide bonds. The first kappa shape index (κ1) is 12.8. The predicted molar refractivity (Wildman–Crippen MR) is 64.9 cm³/mol. The van der Waals surface area contributed by atoms with Gasteiger partial charge in [0, 0.05) is 0 Å². The van der Waals surface area contributed by atoms with Gasteiger partial charge in [0.2, 0.25) is 0 Å². The summed E-state index contributed by atoms with van der Waals surface area (Å²) in [7, 11) is -4.22. The lowest BCUT2D eigenvalue weighted by Gasteiger charge is -2.06. The van der Waals surface area contributed by atoms with Gasteiger partial charge in [-0.3, -0.25) is 4.57 Å². The van der Waals surface area contributed by atoms with Crippen molar-refractivity contribution in [3.63, 3.8) is 0 Å². The molecule has 1 aromatic rings. The normalized spacial score (nSPS) is 18.6. The lowest BCUT2D eigenvalue weighted by Crippen LogP contribution is -2.04. The van der Waals surface area contributed by atoms with Crippen molar-refractivity contribution in [3.05, 3.63) is 59.9 Å². The summed E-state index contributed by atoms with van der Waals surface area (Å²) in [6.07, 6.45) is 3.93. The summed E-state index contributed by atoms with van der Waals surface area (Å²) < 4.78 is 16.0. The molecule has 0 heterocycles. The summed E-state index contributed by atoms with van der Waals surface area (Å²) in [5.41, 5.74) is -0.637. The predicted octanol–water partition coefficient (Wildman–Crippen LogP) is 1.84. The number of allylic oxidation sites excluding steroid dienone is 3. The fraction of sp³-hybridized carbons (Fsp3) is 0.0833. The quantitative estimate of drug-likeness (QED) is 0.644. The van der Waals surface area contributed by atoms with E-state index in [2.05, 4.69) is 0 Å². The van der Waals surface area contributed by atoms with E-state index in [4.69, 9.17) is 14.5 Å². The monoisotopic (exact) mass is 266 g/mol. The number of carbonyl (C=O) groups excluding carboxylic acids is 1. The van der Waals surface area contributed by atoms with Crippen molar-refractivity contribution < 1.29 is 23.9 Å². The Kier molecular flexibility index (Phi) is 3.48. The Balaban J connectivity index is 2.07. The highest BCUT2D eigenvalue weighted by Gasteiger charge is 2.28. The van der Waals surface area contributed by atoms with Crippen LogP contribution in [0.4, 0.5) is 0 Å². The van der Waals surface area contributed by atoms with Crippen molar-refractivity contribution in [1.29, 1.82) is 0 Å². The van der Waals surface area contributed by atoms with Gasteiger partial charge in [-0.05, 0) is 24.3 Å². The molecule has 2 rings (SSSR count). The highest BCUT2D eigenvalue weighted by molar-refractivity contribution is 7.53. The molecule has 1 atom stereocenters. The van der Waals surface area contributed by atoms with Gasteiger partial charge in [-0.1, -0.05) is 24.3 Å². The Morgan fingerprint density at radius 3 is 2.44 bits per heavy atom. The first-order valence-corrected chi connectivity index (χ1v) is 6.87. The number of benzene rings is 1. The van der Waals surface area contributed by atoms with Gasteiger partial charge in [-0.25, -0.2) is 4.79 Å². The fourth-order valence-electron chi connectivity index (χ4n) is 1.49. The number of carbonyl (C=O) groups is 1. The fourth-order valence-corrected chi connectivity index (χ4v) is 2.14. The van der Waals surface area contributed by atoms with E-state index in [0.29, 0.717) is 5.56 Å². The minimum Gasteiger partial charge on any atom is -0.423 e. The van der Waals surface area contributed by atoms with Gasteiger partial charge in [0.15, 0.2) is 0 Å². The largest absolute Gasteiger partial charge is 0.423 e. The van der Waals surface area contributed by atoms with E-state index in [9.17, 15) is 9.36 Å². The summed E-state index contributed by atoms with van der Waals surface area (Å²) in [5, 5.41) is 0. The Hall–Kier alpha value is -1.68. The van der Waals surface area contributed by atoms with Crippen molar-refractivity contribution in [1.82, 2.24) is 0 Å². The van der Waals surface area contributed by atoms with Crippen LogP contribution in [0.5, 0.6) is 0 Å². The molecule has 1 unspecified atom stereocenters. The van der Waals surface area contributed by atoms with Crippen LogP contribution in [-0.2, 0) is 9.30 Å². The molecule has 0 spiro atoms. The summed E-state index contributed by atoms with van der Waals surface area (Å²) in [5.74, 6) is -0.407. The molecule has 2 N–H and O–H groups in total. The van der Waals surface area contributed by atoms with E-state index in [0.717, 1.165) is 0 Å². The second-order valence-electron chi connectivity index (χ2n) is 3.76. The van der Waals surface area contributed by atoms with E-state index < -0.39 is 19.2 Å². The van der Waals surface area contributed by atoms with Crippen LogP contribution in [0, 0.1) is 0 Å². The molecule has 0 bridgehead atoms. The lowest BCUT2D eigenvalue weighted by molar-refractivity contribution is 0.0637. The minimum absolute atomic E-state index is 0.150. The van der Waals surface area contributed by atoms with Gasteiger partial charge >= 0.3 is 13.6 Å². The topological polar surface area (TPSA) is 83.8 Å². The minimum atomic E-state index is -4.22. The van der Waals surface area contributed by atoms with Gasteiger partial charge in [0.25, 0.3) is 0 Å². The molecule has 18 heavy (non-hydrogen) atoms.